The topological polar surface area (TPSA) is 9.23 Å². The number of hydrogen-bond acceptors (Lipinski definition) is 1. The van der Waals surface area contributed by atoms with E-state index in [-0.39, 0.29) is 0 Å². The van der Waals surface area contributed by atoms with Crippen LogP contribution in [-0.2, 0) is 11.3 Å². The molecule has 1 aliphatic carbocycles. The Bertz CT molecular complexity index is 262. The van der Waals surface area contributed by atoms with Crippen LogP contribution in [-0.4, -0.2) is 6.61 Å². The van der Waals surface area contributed by atoms with E-state index in [4.69, 9.17) is 4.74 Å². The second kappa shape index (κ2) is 3.51. The van der Waals surface area contributed by atoms with Crippen LogP contribution in [0.3, 0.4) is 0 Å². The summed E-state index contributed by atoms with van der Waals surface area (Å²) in [4.78, 5) is 0. The quantitative estimate of drug-likeness (QED) is 0.685. The van der Waals surface area contributed by atoms with Gasteiger partial charge in [-0.1, -0.05) is 37.3 Å². The van der Waals surface area contributed by atoms with Crippen LogP contribution in [0.5, 0.6) is 0 Å². The second-order valence-corrected chi connectivity index (χ2v) is 4.29. The molecule has 0 heterocycles. The van der Waals surface area contributed by atoms with Crippen LogP contribution < -0.4 is 0 Å². The predicted octanol–water partition coefficient (Wildman–Crippen LogP) is 3.00. The summed E-state index contributed by atoms with van der Waals surface area (Å²) in [6.45, 7) is 3.97. The van der Waals surface area contributed by atoms with Crippen molar-refractivity contribution in [1.82, 2.24) is 0 Å². The number of benzene rings is 1. The summed E-state index contributed by atoms with van der Waals surface area (Å²) in [5.41, 5.74) is 1.78. The predicted molar refractivity (Wildman–Crippen MR) is 53.4 cm³/mol. The molecule has 13 heavy (non-hydrogen) atoms. The number of hydrogen-bond donors (Lipinski definition) is 0. The molecule has 1 aliphatic rings. The van der Waals surface area contributed by atoms with E-state index in [2.05, 4.69) is 31.2 Å². The van der Waals surface area contributed by atoms with Crippen LogP contribution in [0.1, 0.15) is 25.3 Å². The first-order valence-electron chi connectivity index (χ1n) is 4.90. The van der Waals surface area contributed by atoms with Crippen LogP contribution in [0.25, 0.3) is 0 Å². The summed E-state index contributed by atoms with van der Waals surface area (Å²) < 4.78 is 5.65. The van der Waals surface area contributed by atoms with Crippen LogP contribution in [0.2, 0.25) is 0 Å². The van der Waals surface area contributed by atoms with Crippen LogP contribution in [0.4, 0.5) is 0 Å². The zero-order chi connectivity index (χ0) is 9.15. The lowest BCUT2D eigenvalue weighted by molar-refractivity contribution is 0.0842. The van der Waals surface area contributed by atoms with Crippen molar-refractivity contribution in [2.24, 2.45) is 5.41 Å². The number of ether oxygens (including phenoxy) is 1. The molecule has 0 saturated heterocycles. The van der Waals surface area contributed by atoms with Gasteiger partial charge in [-0.3, -0.25) is 0 Å². The van der Waals surface area contributed by atoms with Crippen LogP contribution in [0, 0.1) is 5.41 Å². The van der Waals surface area contributed by atoms with Crippen molar-refractivity contribution < 1.29 is 4.74 Å². The van der Waals surface area contributed by atoms with Crippen LogP contribution >= 0.6 is 0 Å². The monoisotopic (exact) mass is 176 g/mol. The fourth-order valence-electron chi connectivity index (χ4n) is 1.35. The maximum atomic E-state index is 5.65. The fourth-order valence-corrected chi connectivity index (χ4v) is 1.35. The highest BCUT2D eigenvalue weighted by atomic mass is 16.5. The molecule has 1 saturated carbocycles. The van der Waals surface area contributed by atoms with Gasteiger partial charge in [-0.05, 0) is 23.8 Å². The zero-order valence-corrected chi connectivity index (χ0v) is 8.12. The molecule has 70 valence electrons. The van der Waals surface area contributed by atoms with Crippen molar-refractivity contribution >= 4 is 0 Å². The van der Waals surface area contributed by atoms with E-state index in [0.717, 1.165) is 13.2 Å². The van der Waals surface area contributed by atoms with Gasteiger partial charge in [0.05, 0.1) is 13.2 Å². The molecule has 1 nitrogen and oxygen atoms in total. The molecule has 1 fully saturated rings. The summed E-state index contributed by atoms with van der Waals surface area (Å²) in [7, 11) is 0. The third-order valence-corrected chi connectivity index (χ3v) is 2.67. The van der Waals surface area contributed by atoms with E-state index in [1.54, 1.807) is 0 Å². The third kappa shape index (κ3) is 2.56. The third-order valence-electron chi connectivity index (χ3n) is 2.67. The van der Waals surface area contributed by atoms with E-state index in [9.17, 15) is 0 Å². The lowest BCUT2D eigenvalue weighted by atomic mass is 10.2. The minimum atomic E-state index is 0.509. The summed E-state index contributed by atoms with van der Waals surface area (Å²) in [6.07, 6.45) is 2.67. The minimum Gasteiger partial charge on any atom is -0.376 e. The van der Waals surface area contributed by atoms with Gasteiger partial charge in [0.25, 0.3) is 0 Å². The molecule has 0 unspecified atom stereocenters. The van der Waals surface area contributed by atoms with Gasteiger partial charge in [0.1, 0.15) is 0 Å². The van der Waals surface area contributed by atoms with Crippen molar-refractivity contribution in [2.45, 2.75) is 26.4 Å². The molecule has 0 atom stereocenters. The Morgan fingerprint density at radius 3 is 2.54 bits per heavy atom. The summed E-state index contributed by atoms with van der Waals surface area (Å²) >= 11 is 0. The Labute approximate surface area is 79.7 Å². The smallest absolute Gasteiger partial charge is 0.0717 e. The Balaban J connectivity index is 1.74. The minimum absolute atomic E-state index is 0.509. The first-order valence-corrected chi connectivity index (χ1v) is 4.90. The Kier molecular flexibility index (Phi) is 2.36. The zero-order valence-electron chi connectivity index (χ0n) is 8.12. The highest BCUT2D eigenvalue weighted by Crippen LogP contribution is 2.45. The van der Waals surface area contributed by atoms with Crippen LogP contribution in [0.15, 0.2) is 30.3 Å². The van der Waals surface area contributed by atoms with Gasteiger partial charge in [0.2, 0.25) is 0 Å². The first kappa shape index (κ1) is 8.76. The number of rotatable bonds is 4. The lowest BCUT2D eigenvalue weighted by Crippen LogP contribution is -2.05. The molecule has 0 spiro atoms. The molecule has 1 heteroatoms. The molecule has 0 radical (unpaired) electrons. The average molecular weight is 176 g/mol. The van der Waals surface area contributed by atoms with E-state index in [0.29, 0.717) is 5.41 Å². The standard InChI is InChI=1S/C12H16O/c1-12(7-8-12)10-13-9-11-5-3-2-4-6-11/h2-6H,7-10H2,1H3. The Morgan fingerprint density at radius 1 is 1.23 bits per heavy atom. The highest BCUT2D eigenvalue weighted by molar-refractivity contribution is 5.13. The molecule has 0 aliphatic heterocycles. The van der Waals surface area contributed by atoms with Gasteiger partial charge in [0.15, 0.2) is 0 Å². The summed E-state index contributed by atoms with van der Waals surface area (Å²) in [5, 5.41) is 0. The highest BCUT2D eigenvalue weighted by Gasteiger charge is 2.37. The Morgan fingerprint density at radius 2 is 1.92 bits per heavy atom. The van der Waals surface area contributed by atoms with E-state index < -0.39 is 0 Å². The normalized spacial score (nSPS) is 18.5. The van der Waals surface area contributed by atoms with Gasteiger partial charge in [-0.2, -0.15) is 0 Å². The van der Waals surface area contributed by atoms with Gasteiger partial charge in [0, 0.05) is 0 Å². The molecule has 2 rings (SSSR count). The first-order chi connectivity index (χ1) is 6.29. The van der Waals surface area contributed by atoms with E-state index in [1.165, 1.54) is 18.4 Å². The molecular weight excluding hydrogens is 160 g/mol. The summed E-state index contributed by atoms with van der Waals surface area (Å²) in [5.74, 6) is 0. The second-order valence-electron chi connectivity index (χ2n) is 4.29. The van der Waals surface area contributed by atoms with Crippen molar-refractivity contribution in [3.8, 4) is 0 Å². The molecule has 0 aromatic heterocycles. The van der Waals surface area contributed by atoms with E-state index >= 15 is 0 Å². The van der Waals surface area contributed by atoms with Gasteiger partial charge < -0.3 is 4.74 Å². The van der Waals surface area contributed by atoms with Gasteiger partial charge in [-0.25, -0.2) is 0 Å². The molecule has 0 N–H and O–H groups in total. The van der Waals surface area contributed by atoms with Gasteiger partial charge >= 0.3 is 0 Å². The lowest BCUT2D eigenvalue weighted by Gasteiger charge is -2.08. The largest absolute Gasteiger partial charge is 0.376 e. The van der Waals surface area contributed by atoms with Crippen molar-refractivity contribution in [3.05, 3.63) is 35.9 Å². The molecule has 1 aromatic rings. The SMILES string of the molecule is CC1(COCc2ccccc2)CC1. The van der Waals surface area contributed by atoms with Crippen molar-refractivity contribution in [3.63, 3.8) is 0 Å². The maximum absolute atomic E-state index is 5.65. The molecule has 0 bridgehead atoms. The molecule has 0 amide bonds. The van der Waals surface area contributed by atoms with Gasteiger partial charge in [-0.15, -0.1) is 0 Å². The Hall–Kier alpha value is -0.820. The molecular formula is C12H16O. The van der Waals surface area contributed by atoms with E-state index in [1.807, 2.05) is 6.07 Å². The summed E-state index contributed by atoms with van der Waals surface area (Å²) in [6, 6.07) is 10.4. The fraction of sp³-hybridized carbons (Fsp3) is 0.500. The average Bonchev–Trinajstić information content (AvgIpc) is 2.86. The molecule has 1 aromatic carbocycles. The maximum Gasteiger partial charge on any atom is 0.0717 e. The van der Waals surface area contributed by atoms with Crippen molar-refractivity contribution in [2.75, 3.05) is 6.61 Å². The van der Waals surface area contributed by atoms with Crippen molar-refractivity contribution in [1.29, 1.82) is 0 Å².